The number of benzene rings is 1. The third-order valence-corrected chi connectivity index (χ3v) is 4.67. The summed E-state index contributed by atoms with van der Waals surface area (Å²) >= 11 is 1.16. The summed E-state index contributed by atoms with van der Waals surface area (Å²) in [4.78, 5) is 41.3. The molecule has 1 aromatic heterocycles. The molecule has 0 aliphatic carbocycles. The summed E-state index contributed by atoms with van der Waals surface area (Å²) in [6.45, 7) is 9.07. The van der Waals surface area contributed by atoms with Gasteiger partial charge in [0.2, 0.25) is 5.91 Å². The van der Waals surface area contributed by atoms with E-state index in [2.05, 4.69) is 15.6 Å². The number of carbonyl (C=O) groups excluding carboxylic acids is 2. The summed E-state index contributed by atoms with van der Waals surface area (Å²) in [5.41, 5.74) is 0.445. The molecule has 1 heterocycles. The van der Waals surface area contributed by atoms with E-state index in [4.69, 9.17) is 0 Å². The molecule has 2 aromatic rings. The Hall–Kier alpha value is -2.35. The van der Waals surface area contributed by atoms with Crippen LogP contribution in [-0.2, 0) is 4.79 Å². The number of nitrogens with one attached hydrogen (secondary N) is 2. The molecule has 1 atom stereocenters. The number of rotatable bonds is 5. The Bertz CT molecular complexity index is 876. The largest absolute Gasteiger partial charge is 0.336 e. The average molecular weight is 376 g/mol. The van der Waals surface area contributed by atoms with Crippen LogP contribution in [0.2, 0.25) is 0 Å². The van der Waals surface area contributed by atoms with Gasteiger partial charge in [-0.2, -0.15) is 0 Å². The van der Waals surface area contributed by atoms with Crippen LogP contribution in [0.5, 0.6) is 0 Å². The number of thioether (sulfide) groups is 1. The number of carbonyl (C=O) groups is 2. The van der Waals surface area contributed by atoms with Crippen molar-refractivity contribution in [3.8, 4) is 0 Å². The Kier molecular flexibility index (Phi) is 6.42. The van der Waals surface area contributed by atoms with E-state index in [1.807, 2.05) is 33.8 Å². The van der Waals surface area contributed by atoms with Crippen molar-refractivity contribution in [2.45, 2.75) is 57.1 Å². The van der Waals surface area contributed by atoms with Crippen LogP contribution in [0, 0.1) is 0 Å². The highest BCUT2D eigenvalue weighted by Gasteiger charge is 2.22. The Morgan fingerprint density at radius 2 is 1.77 bits per heavy atom. The smallest absolute Gasteiger partial charge is 0.321 e. The fraction of sp³-hybridized carbons (Fsp3) is 0.444. The molecule has 0 saturated heterocycles. The van der Waals surface area contributed by atoms with E-state index in [0.29, 0.717) is 16.1 Å². The van der Waals surface area contributed by atoms with Crippen molar-refractivity contribution in [3.63, 3.8) is 0 Å². The molecule has 0 unspecified atom stereocenters. The highest BCUT2D eigenvalue weighted by Crippen LogP contribution is 2.24. The van der Waals surface area contributed by atoms with Gasteiger partial charge in [0, 0.05) is 12.1 Å². The Balaban J connectivity index is 2.29. The first-order valence-corrected chi connectivity index (χ1v) is 9.38. The molecule has 0 spiro atoms. The van der Waals surface area contributed by atoms with Gasteiger partial charge in [-0.1, -0.05) is 23.9 Å². The standard InChI is InChI=1S/C18H24N4O3S/c1-10(2)19-17(25)21-15(23)12(5)26-18-20-14-9-7-6-8-13(14)16(24)22(18)11(3)4/h6-12H,1-5H3,(H2,19,21,23,25)/t12-/m1/s1. The van der Waals surface area contributed by atoms with Crippen molar-refractivity contribution < 1.29 is 9.59 Å². The van der Waals surface area contributed by atoms with Crippen molar-refractivity contribution in [2.75, 3.05) is 0 Å². The molecule has 0 bridgehead atoms. The van der Waals surface area contributed by atoms with Crippen molar-refractivity contribution in [3.05, 3.63) is 34.6 Å². The molecule has 140 valence electrons. The highest BCUT2D eigenvalue weighted by atomic mass is 32.2. The molecule has 8 heteroatoms. The molecular formula is C18H24N4O3S. The van der Waals surface area contributed by atoms with Crippen LogP contribution in [0.4, 0.5) is 4.79 Å². The molecule has 0 saturated carbocycles. The first-order valence-electron chi connectivity index (χ1n) is 8.50. The van der Waals surface area contributed by atoms with Gasteiger partial charge in [0.1, 0.15) is 0 Å². The van der Waals surface area contributed by atoms with Crippen LogP contribution < -0.4 is 16.2 Å². The monoisotopic (exact) mass is 376 g/mol. The number of nitrogens with zero attached hydrogens (tertiary/aromatic N) is 2. The first-order chi connectivity index (χ1) is 12.2. The minimum atomic E-state index is -0.592. The van der Waals surface area contributed by atoms with Gasteiger partial charge in [0.25, 0.3) is 5.56 Å². The second-order valence-corrected chi connectivity index (χ2v) is 7.87. The minimum absolute atomic E-state index is 0.0703. The van der Waals surface area contributed by atoms with Gasteiger partial charge >= 0.3 is 6.03 Å². The number of fused-ring (bicyclic) bond motifs is 1. The molecule has 0 aliphatic rings. The predicted molar refractivity (Wildman–Crippen MR) is 104 cm³/mol. The quantitative estimate of drug-likeness (QED) is 0.618. The van der Waals surface area contributed by atoms with Gasteiger partial charge in [-0.15, -0.1) is 0 Å². The molecular weight excluding hydrogens is 352 g/mol. The predicted octanol–water partition coefficient (Wildman–Crippen LogP) is 2.69. The summed E-state index contributed by atoms with van der Waals surface area (Å²) < 4.78 is 1.57. The van der Waals surface area contributed by atoms with Crippen molar-refractivity contribution in [2.24, 2.45) is 0 Å². The van der Waals surface area contributed by atoms with Crippen molar-refractivity contribution in [1.29, 1.82) is 0 Å². The third kappa shape index (κ3) is 4.63. The van der Waals surface area contributed by atoms with E-state index in [1.54, 1.807) is 29.7 Å². The number of hydrogen-bond acceptors (Lipinski definition) is 5. The number of amides is 3. The first kappa shape index (κ1) is 20.0. The highest BCUT2D eigenvalue weighted by molar-refractivity contribution is 8.00. The Morgan fingerprint density at radius 3 is 2.38 bits per heavy atom. The summed E-state index contributed by atoms with van der Waals surface area (Å²) in [5, 5.41) is 5.31. The Morgan fingerprint density at radius 1 is 1.12 bits per heavy atom. The normalized spacial score (nSPS) is 12.4. The maximum absolute atomic E-state index is 12.8. The average Bonchev–Trinajstić information content (AvgIpc) is 2.53. The van der Waals surface area contributed by atoms with Crippen LogP contribution in [0.3, 0.4) is 0 Å². The van der Waals surface area contributed by atoms with Crippen LogP contribution in [0.15, 0.2) is 34.2 Å². The van der Waals surface area contributed by atoms with Gasteiger partial charge in [0.15, 0.2) is 5.16 Å². The molecule has 3 amide bonds. The molecule has 26 heavy (non-hydrogen) atoms. The topological polar surface area (TPSA) is 93.1 Å². The summed E-state index contributed by atoms with van der Waals surface area (Å²) in [6, 6.07) is 6.41. The molecule has 0 aliphatic heterocycles. The SMILES string of the molecule is CC(C)NC(=O)NC(=O)[C@@H](C)Sc1nc2ccccc2c(=O)n1C(C)C. The Labute approximate surface area is 156 Å². The lowest BCUT2D eigenvalue weighted by Crippen LogP contribution is -2.45. The van der Waals surface area contributed by atoms with Gasteiger partial charge in [0.05, 0.1) is 16.2 Å². The van der Waals surface area contributed by atoms with Crippen LogP contribution in [-0.4, -0.2) is 32.8 Å². The molecule has 2 N–H and O–H groups in total. The zero-order chi connectivity index (χ0) is 19.4. The maximum atomic E-state index is 12.8. The third-order valence-electron chi connectivity index (χ3n) is 3.60. The van der Waals surface area contributed by atoms with Crippen molar-refractivity contribution >= 4 is 34.6 Å². The second kappa shape index (κ2) is 8.35. The van der Waals surface area contributed by atoms with Gasteiger partial charge in [-0.3, -0.25) is 19.5 Å². The lowest BCUT2D eigenvalue weighted by molar-refractivity contribution is -0.119. The van der Waals surface area contributed by atoms with Crippen molar-refractivity contribution in [1.82, 2.24) is 20.2 Å². The number of para-hydroxylation sites is 1. The number of aromatic nitrogens is 2. The number of hydrogen-bond donors (Lipinski definition) is 2. The van der Waals surface area contributed by atoms with E-state index >= 15 is 0 Å². The zero-order valence-electron chi connectivity index (χ0n) is 15.6. The van der Waals surface area contributed by atoms with E-state index in [9.17, 15) is 14.4 Å². The fourth-order valence-electron chi connectivity index (χ4n) is 2.39. The van der Waals surface area contributed by atoms with E-state index in [-0.39, 0.29) is 17.6 Å². The molecule has 0 radical (unpaired) electrons. The summed E-state index contributed by atoms with van der Waals surface area (Å²) in [6.07, 6.45) is 0. The van der Waals surface area contributed by atoms with Gasteiger partial charge in [-0.05, 0) is 46.8 Å². The van der Waals surface area contributed by atoms with E-state index in [0.717, 1.165) is 11.8 Å². The molecule has 1 aromatic carbocycles. The number of urea groups is 1. The summed E-state index contributed by atoms with van der Waals surface area (Å²) in [7, 11) is 0. The second-order valence-electron chi connectivity index (χ2n) is 6.56. The summed E-state index contributed by atoms with van der Waals surface area (Å²) in [5.74, 6) is -0.439. The van der Waals surface area contributed by atoms with Crippen LogP contribution in [0.25, 0.3) is 10.9 Å². The van der Waals surface area contributed by atoms with Gasteiger partial charge in [-0.25, -0.2) is 9.78 Å². The zero-order valence-corrected chi connectivity index (χ0v) is 16.4. The lowest BCUT2D eigenvalue weighted by Gasteiger charge is -2.18. The molecule has 2 rings (SSSR count). The van der Waals surface area contributed by atoms with Crippen LogP contribution >= 0.6 is 11.8 Å². The molecule has 7 nitrogen and oxygen atoms in total. The van der Waals surface area contributed by atoms with Gasteiger partial charge < -0.3 is 5.32 Å². The fourth-order valence-corrected chi connectivity index (χ4v) is 3.43. The van der Waals surface area contributed by atoms with E-state index in [1.165, 1.54) is 0 Å². The molecule has 0 fully saturated rings. The van der Waals surface area contributed by atoms with Crippen LogP contribution in [0.1, 0.15) is 40.7 Å². The van der Waals surface area contributed by atoms with E-state index < -0.39 is 17.2 Å². The maximum Gasteiger partial charge on any atom is 0.321 e. The minimum Gasteiger partial charge on any atom is -0.336 e. The lowest BCUT2D eigenvalue weighted by atomic mass is 10.2. The number of imide groups is 1.